The Balaban J connectivity index is 2.06. The molecule has 0 amide bonds. The SMILES string of the molecule is CC(NCc1ccc(Br)c(Br)c1)c1cc(F)ccc1F. The Morgan fingerprint density at radius 3 is 2.50 bits per heavy atom. The fraction of sp³-hybridized carbons (Fsp3) is 0.200. The molecule has 1 atom stereocenters. The van der Waals surface area contributed by atoms with Gasteiger partial charge >= 0.3 is 0 Å². The maximum absolute atomic E-state index is 13.6. The van der Waals surface area contributed by atoms with Crippen molar-refractivity contribution in [1.29, 1.82) is 0 Å². The molecule has 0 fully saturated rings. The molecule has 0 radical (unpaired) electrons. The maximum atomic E-state index is 13.6. The second-order valence-corrected chi connectivity index (χ2v) is 6.23. The van der Waals surface area contributed by atoms with Crippen molar-refractivity contribution in [2.75, 3.05) is 0 Å². The average molecular weight is 405 g/mol. The van der Waals surface area contributed by atoms with Crippen LogP contribution in [0, 0.1) is 11.6 Å². The molecule has 0 aliphatic rings. The zero-order chi connectivity index (χ0) is 14.7. The van der Waals surface area contributed by atoms with Gasteiger partial charge in [-0.2, -0.15) is 0 Å². The molecule has 106 valence electrons. The minimum absolute atomic E-state index is 0.270. The zero-order valence-electron chi connectivity index (χ0n) is 10.8. The van der Waals surface area contributed by atoms with Crippen LogP contribution < -0.4 is 5.32 Å². The van der Waals surface area contributed by atoms with Crippen LogP contribution in [0.2, 0.25) is 0 Å². The fourth-order valence-corrected chi connectivity index (χ4v) is 2.55. The van der Waals surface area contributed by atoms with Crippen LogP contribution in [-0.2, 0) is 6.54 Å². The largest absolute Gasteiger partial charge is 0.306 e. The quantitative estimate of drug-likeness (QED) is 0.725. The highest BCUT2D eigenvalue weighted by molar-refractivity contribution is 9.13. The molecule has 20 heavy (non-hydrogen) atoms. The summed E-state index contributed by atoms with van der Waals surface area (Å²) in [4.78, 5) is 0. The first-order chi connectivity index (χ1) is 9.47. The Hall–Kier alpha value is -0.780. The van der Waals surface area contributed by atoms with Gasteiger partial charge in [0.05, 0.1) is 0 Å². The second kappa shape index (κ2) is 6.78. The second-order valence-electron chi connectivity index (χ2n) is 4.52. The molecule has 2 aromatic carbocycles. The van der Waals surface area contributed by atoms with E-state index in [1.165, 1.54) is 6.07 Å². The van der Waals surface area contributed by atoms with E-state index in [0.29, 0.717) is 12.1 Å². The van der Waals surface area contributed by atoms with Gasteiger partial charge in [-0.1, -0.05) is 6.07 Å². The third-order valence-electron chi connectivity index (χ3n) is 3.02. The predicted octanol–water partition coefficient (Wildman–Crippen LogP) is 5.34. The lowest BCUT2D eigenvalue weighted by Gasteiger charge is -2.15. The third-order valence-corrected chi connectivity index (χ3v) is 4.90. The normalized spacial score (nSPS) is 12.4. The van der Waals surface area contributed by atoms with Gasteiger partial charge in [0.2, 0.25) is 0 Å². The summed E-state index contributed by atoms with van der Waals surface area (Å²) in [6.45, 7) is 2.38. The van der Waals surface area contributed by atoms with Crippen LogP contribution in [0.15, 0.2) is 45.3 Å². The summed E-state index contributed by atoms with van der Waals surface area (Å²) >= 11 is 6.84. The van der Waals surface area contributed by atoms with E-state index in [2.05, 4.69) is 37.2 Å². The molecular weight excluding hydrogens is 392 g/mol. The summed E-state index contributed by atoms with van der Waals surface area (Å²) in [6.07, 6.45) is 0. The van der Waals surface area contributed by atoms with E-state index in [1.807, 2.05) is 25.1 Å². The van der Waals surface area contributed by atoms with E-state index in [0.717, 1.165) is 26.6 Å². The smallest absolute Gasteiger partial charge is 0.128 e. The number of rotatable bonds is 4. The Morgan fingerprint density at radius 1 is 1.05 bits per heavy atom. The lowest BCUT2D eigenvalue weighted by Crippen LogP contribution is -2.19. The molecule has 0 spiro atoms. The summed E-state index contributed by atoms with van der Waals surface area (Å²) in [5, 5.41) is 3.19. The van der Waals surface area contributed by atoms with E-state index < -0.39 is 11.6 Å². The van der Waals surface area contributed by atoms with E-state index >= 15 is 0 Å². The van der Waals surface area contributed by atoms with Crippen LogP contribution >= 0.6 is 31.9 Å². The van der Waals surface area contributed by atoms with Crippen LogP contribution in [0.3, 0.4) is 0 Å². The van der Waals surface area contributed by atoms with Crippen LogP contribution in [0.5, 0.6) is 0 Å². The van der Waals surface area contributed by atoms with Crippen LogP contribution in [0.25, 0.3) is 0 Å². The minimum atomic E-state index is -0.429. The highest BCUT2D eigenvalue weighted by Crippen LogP contribution is 2.24. The minimum Gasteiger partial charge on any atom is -0.306 e. The van der Waals surface area contributed by atoms with Crippen molar-refractivity contribution in [3.05, 3.63) is 68.1 Å². The van der Waals surface area contributed by atoms with Crippen molar-refractivity contribution in [3.63, 3.8) is 0 Å². The molecule has 0 aliphatic carbocycles. The van der Waals surface area contributed by atoms with Crippen molar-refractivity contribution in [3.8, 4) is 0 Å². The lowest BCUT2D eigenvalue weighted by molar-refractivity contribution is 0.518. The van der Waals surface area contributed by atoms with Gasteiger partial charge in [-0.25, -0.2) is 8.78 Å². The summed E-state index contributed by atoms with van der Waals surface area (Å²) < 4.78 is 28.7. The summed E-state index contributed by atoms with van der Waals surface area (Å²) in [5.74, 6) is -0.829. The molecule has 0 aromatic heterocycles. The molecule has 1 unspecified atom stereocenters. The van der Waals surface area contributed by atoms with E-state index in [4.69, 9.17) is 0 Å². The van der Waals surface area contributed by atoms with Gasteiger partial charge in [0.1, 0.15) is 11.6 Å². The zero-order valence-corrected chi connectivity index (χ0v) is 13.9. The van der Waals surface area contributed by atoms with Crippen LogP contribution in [0.4, 0.5) is 8.78 Å². The van der Waals surface area contributed by atoms with Crippen LogP contribution in [0.1, 0.15) is 24.1 Å². The molecule has 0 saturated carbocycles. The first-order valence-electron chi connectivity index (χ1n) is 6.09. The van der Waals surface area contributed by atoms with E-state index in [9.17, 15) is 8.78 Å². The molecule has 1 nitrogen and oxygen atoms in total. The Morgan fingerprint density at radius 2 is 1.80 bits per heavy atom. The molecule has 2 rings (SSSR count). The summed E-state index contributed by atoms with van der Waals surface area (Å²) in [5.41, 5.74) is 1.39. The van der Waals surface area contributed by atoms with Crippen molar-refractivity contribution in [2.45, 2.75) is 19.5 Å². The Kier molecular flexibility index (Phi) is 5.29. The number of hydrogen-bond donors (Lipinski definition) is 1. The molecule has 2 aromatic rings. The van der Waals surface area contributed by atoms with E-state index in [-0.39, 0.29) is 6.04 Å². The van der Waals surface area contributed by atoms with Gasteiger partial charge in [-0.15, -0.1) is 0 Å². The first kappa shape index (κ1) is 15.6. The van der Waals surface area contributed by atoms with E-state index in [1.54, 1.807) is 0 Å². The number of halogens is 4. The number of hydrogen-bond acceptors (Lipinski definition) is 1. The van der Waals surface area contributed by atoms with Crippen molar-refractivity contribution >= 4 is 31.9 Å². The standard InChI is InChI=1S/C15H13Br2F2N/c1-9(12-7-11(18)3-5-15(12)19)20-8-10-2-4-13(16)14(17)6-10/h2-7,9,20H,8H2,1H3. The van der Waals surface area contributed by atoms with Crippen LogP contribution in [-0.4, -0.2) is 0 Å². The molecule has 0 aliphatic heterocycles. The predicted molar refractivity (Wildman–Crippen MR) is 83.5 cm³/mol. The molecule has 0 saturated heterocycles. The lowest BCUT2D eigenvalue weighted by atomic mass is 10.1. The highest BCUT2D eigenvalue weighted by atomic mass is 79.9. The number of benzene rings is 2. The number of nitrogens with one attached hydrogen (secondary N) is 1. The maximum Gasteiger partial charge on any atom is 0.128 e. The third kappa shape index (κ3) is 3.87. The Labute approximate surface area is 133 Å². The van der Waals surface area contributed by atoms with Gasteiger partial charge in [0, 0.05) is 27.1 Å². The van der Waals surface area contributed by atoms with Gasteiger partial charge in [-0.3, -0.25) is 0 Å². The van der Waals surface area contributed by atoms with Crippen molar-refractivity contribution in [2.24, 2.45) is 0 Å². The average Bonchev–Trinajstić information content (AvgIpc) is 2.42. The first-order valence-corrected chi connectivity index (χ1v) is 7.68. The highest BCUT2D eigenvalue weighted by Gasteiger charge is 2.11. The molecule has 1 N–H and O–H groups in total. The van der Waals surface area contributed by atoms with Gasteiger partial charge in [0.25, 0.3) is 0 Å². The molecule has 0 heterocycles. The van der Waals surface area contributed by atoms with Crippen molar-refractivity contribution in [1.82, 2.24) is 5.32 Å². The monoisotopic (exact) mass is 403 g/mol. The van der Waals surface area contributed by atoms with Crippen molar-refractivity contribution < 1.29 is 8.78 Å². The molecule has 0 bridgehead atoms. The molecule has 5 heteroatoms. The van der Waals surface area contributed by atoms with Gasteiger partial charge in [-0.05, 0) is 74.7 Å². The molecular formula is C15H13Br2F2N. The Bertz CT molecular complexity index is 617. The summed E-state index contributed by atoms with van der Waals surface area (Å²) in [7, 11) is 0. The van der Waals surface area contributed by atoms with Gasteiger partial charge in [0.15, 0.2) is 0 Å². The van der Waals surface area contributed by atoms with Gasteiger partial charge < -0.3 is 5.32 Å². The topological polar surface area (TPSA) is 12.0 Å². The summed E-state index contributed by atoms with van der Waals surface area (Å²) in [6, 6.07) is 9.12. The fourth-order valence-electron chi connectivity index (χ4n) is 1.88.